The highest BCUT2D eigenvalue weighted by Crippen LogP contribution is 2.26. The molecule has 2 N–H and O–H groups in total. The van der Waals surface area contributed by atoms with Crippen molar-refractivity contribution in [3.8, 4) is 11.5 Å². The number of esters is 1. The molecule has 3 aromatic carbocycles. The zero-order valence-corrected chi connectivity index (χ0v) is 18.4. The molecule has 3 aromatic rings. The second-order valence-corrected chi connectivity index (χ2v) is 7.21. The van der Waals surface area contributed by atoms with Crippen LogP contribution in [0.5, 0.6) is 11.5 Å². The van der Waals surface area contributed by atoms with Crippen LogP contribution in [0.2, 0.25) is 0 Å². The van der Waals surface area contributed by atoms with Gasteiger partial charge in [-0.25, -0.2) is 4.79 Å². The fourth-order valence-electron chi connectivity index (χ4n) is 3.35. The predicted molar refractivity (Wildman–Crippen MR) is 123 cm³/mol. The molecule has 0 radical (unpaired) electrons. The Morgan fingerprint density at radius 3 is 2.16 bits per heavy atom. The van der Waals surface area contributed by atoms with Crippen LogP contribution in [-0.2, 0) is 4.74 Å². The number of aliphatic hydroxyl groups is 1. The minimum Gasteiger partial charge on any atom is -0.497 e. The van der Waals surface area contributed by atoms with E-state index in [-0.39, 0.29) is 24.8 Å². The average Bonchev–Trinajstić information content (AvgIpc) is 2.84. The van der Waals surface area contributed by atoms with E-state index < -0.39 is 12.1 Å². The van der Waals surface area contributed by atoms with E-state index in [9.17, 15) is 9.90 Å². The van der Waals surface area contributed by atoms with Gasteiger partial charge in [-0.1, -0.05) is 60.7 Å². The van der Waals surface area contributed by atoms with Crippen LogP contribution in [0.1, 0.15) is 34.5 Å². The summed E-state index contributed by atoms with van der Waals surface area (Å²) >= 11 is 0. The van der Waals surface area contributed by atoms with Gasteiger partial charge in [-0.15, -0.1) is 0 Å². The van der Waals surface area contributed by atoms with Crippen molar-refractivity contribution in [2.24, 2.45) is 0 Å². The van der Waals surface area contributed by atoms with Crippen LogP contribution in [-0.4, -0.2) is 44.0 Å². The Balaban J connectivity index is 1.65. The van der Waals surface area contributed by atoms with Gasteiger partial charge in [-0.3, -0.25) is 0 Å². The number of benzene rings is 3. The second kappa shape index (κ2) is 11.9. The van der Waals surface area contributed by atoms with Crippen molar-refractivity contribution in [3.63, 3.8) is 0 Å². The lowest BCUT2D eigenvalue weighted by Gasteiger charge is -2.22. The molecule has 168 valence electrons. The zero-order valence-electron chi connectivity index (χ0n) is 18.4. The smallest absolute Gasteiger partial charge is 0.342 e. The van der Waals surface area contributed by atoms with Gasteiger partial charge in [0.25, 0.3) is 0 Å². The fraction of sp³-hybridized carbons (Fsp3) is 0.269. The highest BCUT2D eigenvalue weighted by molar-refractivity contribution is 5.93. The van der Waals surface area contributed by atoms with Crippen LogP contribution in [0.25, 0.3) is 0 Å². The number of nitrogens with one attached hydrogen (secondary N) is 1. The van der Waals surface area contributed by atoms with Crippen molar-refractivity contribution in [3.05, 3.63) is 95.6 Å². The molecular formula is C26H29NO5. The molecule has 6 nitrogen and oxygen atoms in total. The van der Waals surface area contributed by atoms with Crippen molar-refractivity contribution in [2.75, 3.05) is 26.9 Å². The molecule has 0 saturated carbocycles. The highest BCUT2D eigenvalue weighted by Gasteiger charge is 2.18. The molecule has 0 saturated heterocycles. The Hall–Kier alpha value is -3.35. The Morgan fingerprint density at radius 2 is 1.59 bits per heavy atom. The molecule has 0 amide bonds. The average molecular weight is 436 g/mol. The van der Waals surface area contributed by atoms with E-state index in [0.29, 0.717) is 18.0 Å². The Labute approximate surface area is 188 Å². The second-order valence-electron chi connectivity index (χ2n) is 7.21. The summed E-state index contributed by atoms with van der Waals surface area (Å²) < 4.78 is 16.1. The van der Waals surface area contributed by atoms with E-state index in [1.165, 1.54) is 7.11 Å². The number of rotatable bonds is 11. The lowest BCUT2D eigenvalue weighted by molar-refractivity contribution is 0.0515. The Kier molecular flexibility index (Phi) is 8.66. The molecule has 6 heteroatoms. The lowest BCUT2D eigenvalue weighted by atomic mass is 9.98. The van der Waals surface area contributed by atoms with E-state index in [1.807, 2.05) is 36.4 Å². The molecule has 0 fully saturated rings. The first-order valence-electron chi connectivity index (χ1n) is 10.6. The molecule has 1 atom stereocenters. The van der Waals surface area contributed by atoms with Crippen molar-refractivity contribution in [1.29, 1.82) is 0 Å². The summed E-state index contributed by atoms with van der Waals surface area (Å²) in [5.74, 6) is 0.365. The highest BCUT2D eigenvalue weighted by atomic mass is 16.5. The minimum absolute atomic E-state index is 0.0159. The van der Waals surface area contributed by atoms with Gasteiger partial charge in [0.05, 0.1) is 19.8 Å². The van der Waals surface area contributed by atoms with Crippen LogP contribution in [0, 0.1) is 0 Å². The van der Waals surface area contributed by atoms with Crippen molar-refractivity contribution >= 4 is 5.97 Å². The van der Waals surface area contributed by atoms with Gasteiger partial charge >= 0.3 is 5.97 Å². The molecule has 0 spiro atoms. The maximum absolute atomic E-state index is 12.3. The number of hydrogen-bond donors (Lipinski definition) is 2. The number of methoxy groups -OCH3 is 1. The third-order valence-corrected chi connectivity index (χ3v) is 4.94. The molecule has 0 bridgehead atoms. The van der Waals surface area contributed by atoms with Crippen LogP contribution < -0.4 is 14.8 Å². The maximum Gasteiger partial charge on any atom is 0.342 e. The molecule has 0 aliphatic rings. The van der Waals surface area contributed by atoms with Gasteiger partial charge in [-0.2, -0.15) is 0 Å². The molecule has 3 rings (SSSR count). The van der Waals surface area contributed by atoms with Crippen molar-refractivity contribution < 1.29 is 24.1 Å². The number of hydrogen-bond acceptors (Lipinski definition) is 6. The topological polar surface area (TPSA) is 77.0 Å². The van der Waals surface area contributed by atoms with Gasteiger partial charge in [0.15, 0.2) is 0 Å². The molecule has 32 heavy (non-hydrogen) atoms. The quantitative estimate of drug-likeness (QED) is 0.444. The lowest BCUT2D eigenvalue weighted by Crippen LogP contribution is -2.34. The van der Waals surface area contributed by atoms with E-state index in [1.54, 1.807) is 25.1 Å². The van der Waals surface area contributed by atoms with Gasteiger partial charge in [0.2, 0.25) is 0 Å². The third kappa shape index (κ3) is 6.33. The first kappa shape index (κ1) is 23.3. The summed E-state index contributed by atoms with van der Waals surface area (Å²) in [5, 5.41) is 14.0. The summed E-state index contributed by atoms with van der Waals surface area (Å²) in [6, 6.07) is 25.0. The minimum atomic E-state index is -0.790. The molecule has 0 aliphatic heterocycles. The van der Waals surface area contributed by atoms with Crippen LogP contribution >= 0.6 is 0 Å². The van der Waals surface area contributed by atoms with Crippen LogP contribution in [0.3, 0.4) is 0 Å². The standard InChI is InChI=1S/C26H29NO5/c1-3-31-26(29)23-16-22(30-2)14-15-24(23)32-18-21(28)17-27-25(19-10-6-4-7-11-19)20-12-8-5-9-13-20/h4-16,21,25,27-28H,3,17-18H2,1-2H3. The van der Waals surface area contributed by atoms with E-state index in [0.717, 1.165) is 11.1 Å². The first-order chi connectivity index (χ1) is 15.6. The number of ether oxygens (including phenoxy) is 3. The molecule has 0 aliphatic carbocycles. The van der Waals surface area contributed by atoms with E-state index >= 15 is 0 Å². The number of carbonyl (C=O) groups is 1. The zero-order chi connectivity index (χ0) is 22.8. The Bertz CT molecular complexity index is 939. The first-order valence-corrected chi connectivity index (χ1v) is 10.6. The molecule has 1 unspecified atom stereocenters. The SMILES string of the molecule is CCOC(=O)c1cc(OC)ccc1OCC(O)CNC(c1ccccc1)c1ccccc1. The van der Waals surface area contributed by atoms with Crippen LogP contribution in [0.15, 0.2) is 78.9 Å². The van der Waals surface area contributed by atoms with E-state index in [4.69, 9.17) is 14.2 Å². The largest absolute Gasteiger partial charge is 0.497 e. The predicted octanol–water partition coefficient (Wildman–Crippen LogP) is 3.99. The maximum atomic E-state index is 12.3. The monoisotopic (exact) mass is 435 g/mol. The van der Waals surface area contributed by atoms with Crippen LogP contribution in [0.4, 0.5) is 0 Å². The Morgan fingerprint density at radius 1 is 0.969 bits per heavy atom. The summed E-state index contributed by atoms with van der Waals surface area (Å²) in [6.45, 7) is 2.31. The van der Waals surface area contributed by atoms with Gasteiger partial charge < -0.3 is 24.6 Å². The van der Waals surface area contributed by atoms with Gasteiger partial charge in [0, 0.05) is 6.54 Å². The summed E-state index contributed by atoms with van der Waals surface area (Å²) in [5.41, 5.74) is 2.47. The molecule has 0 heterocycles. The summed E-state index contributed by atoms with van der Waals surface area (Å²) in [4.78, 5) is 12.3. The molecule has 0 aromatic heterocycles. The summed E-state index contributed by atoms with van der Waals surface area (Å²) in [6.07, 6.45) is -0.790. The number of carbonyl (C=O) groups excluding carboxylic acids is 1. The van der Waals surface area contributed by atoms with E-state index in [2.05, 4.69) is 29.6 Å². The molecular weight excluding hydrogens is 406 g/mol. The van der Waals surface area contributed by atoms with Gasteiger partial charge in [-0.05, 0) is 36.2 Å². The van der Waals surface area contributed by atoms with Crippen molar-refractivity contribution in [2.45, 2.75) is 19.1 Å². The van der Waals surface area contributed by atoms with Gasteiger partial charge in [0.1, 0.15) is 29.8 Å². The normalized spacial score (nSPS) is 11.8. The summed E-state index contributed by atoms with van der Waals surface area (Å²) in [7, 11) is 1.52. The number of aliphatic hydroxyl groups excluding tert-OH is 1. The third-order valence-electron chi connectivity index (χ3n) is 4.94. The fourth-order valence-corrected chi connectivity index (χ4v) is 3.35. The van der Waals surface area contributed by atoms with Crippen molar-refractivity contribution in [1.82, 2.24) is 5.32 Å².